The van der Waals surface area contributed by atoms with Crippen LogP contribution in [0.1, 0.15) is 31.4 Å². The minimum absolute atomic E-state index is 0.153. The van der Waals surface area contributed by atoms with E-state index in [0.29, 0.717) is 0 Å². The SMILES string of the molecule is CC(c1ccc(F)cc1)N(C)C(=O)Nc1ccccc1N1CCCC1. The molecule has 0 spiro atoms. The van der Waals surface area contributed by atoms with Crippen LogP contribution in [0.2, 0.25) is 0 Å². The lowest BCUT2D eigenvalue weighted by Crippen LogP contribution is -2.34. The molecule has 1 heterocycles. The molecule has 0 bridgehead atoms. The summed E-state index contributed by atoms with van der Waals surface area (Å²) in [5, 5.41) is 3.02. The number of carbonyl (C=O) groups excluding carboxylic acids is 1. The third kappa shape index (κ3) is 3.92. The smallest absolute Gasteiger partial charge is 0.322 e. The Kier molecular flexibility index (Phi) is 5.22. The summed E-state index contributed by atoms with van der Waals surface area (Å²) in [5.74, 6) is -0.275. The maximum Gasteiger partial charge on any atom is 0.322 e. The summed E-state index contributed by atoms with van der Waals surface area (Å²) in [6.07, 6.45) is 2.37. The van der Waals surface area contributed by atoms with Crippen LogP contribution in [-0.4, -0.2) is 31.1 Å². The zero-order valence-corrected chi connectivity index (χ0v) is 14.7. The largest absolute Gasteiger partial charge is 0.370 e. The Hall–Kier alpha value is -2.56. The average molecular weight is 341 g/mol. The van der Waals surface area contributed by atoms with Gasteiger partial charge in [-0.2, -0.15) is 0 Å². The number of urea groups is 1. The van der Waals surface area contributed by atoms with Crippen LogP contribution in [0.5, 0.6) is 0 Å². The molecule has 0 aromatic heterocycles. The first-order valence-electron chi connectivity index (χ1n) is 8.69. The van der Waals surface area contributed by atoms with Crippen molar-refractivity contribution in [2.45, 2.75) is 25.8 Å². The molecule has 1 aliphatic rings. The van der Waals surface area contributed by atoms with Crippen molar-refractivity contribution in [2.75, 3.05) is 30.4 Å². The highest BCUT2D eigenvalue weighted by Gasteiger charge is 2.20. The summed E-state index contributed by atoms with van der Waals surface area (Å²) in [6.45, 7) is 3.97. The second-order valence-electron chi connectivity index (χ2n) is 6.48. The number of nitrogens with zero attached hydrogens (tertiary/aromatic N) is 2. The first kappa shape index (κ1) is 17.3. The van der Waals surface area contributed by atoms with Crippen molar-refractivity contribution in [3.8, 4) is 0 Å². The molecule has 1 atom stereocenters. The topological polar surface area (TPSA) is 35.6 Å². The molecule has 1 fully saturated rings. The molecule has 2 aromatic carbocycles. The second kappa shape index (κ2) is 7.55. The normalized spacial score (nSPS) is 15.1. The van der Waals surface area contributed by atoms with Crippen molar-refractivity contribution in [2.24, 2.45) is 0 Å². The van der Waals surface area contributed by atoms with Crippen molar-refractivity contribution in [3.63, 3.8) is 0 Å². The molecule has 3 rings (SSSR count). The van der Waals surface area contributed by atoms with Gasteiger partial charge in [0.1, 0.15) is 5.82 Å². The predicted molar refractivity (Wildman–Crippen MR) is 99.5 cm³/mol. The standard InChI is InChI=1S/C20H24FN3O/c1-15(16-9-11-17(21)12-10-16)23(2)20(25)22-18-7-3-4-8-19(18)24-13-5-6-14-24/h3-4,7-12,15H,5-6,13-14H2,1-2H3,(H,22,25). The molecule has 0 radical (unpaired) electrons. The number of rotatable bonds is 4. The van der Waals surface area contributed by atoms with Gasteiger partial charge in [0, 0.05) is 20.1 Å². The highest BCUT2D eigenvalue weighted by Crippen LogP contribution is 2.29. The molecule has 5 heteroatoms. The maximum absolute atomic E-state index is 13.1. The summed E-state index contributed by atoms with van der Waals surface area (Å²) in [6, 6.07) is 13.8. The Morgan fingerprint density at radius 2 is 1.76 bits per heavy atom. The van der Waals surface area contributed by atoms with Crippen LogP contribution in [0.25, 0.3) is 0 Å². The minimum atomic E-state index is -0.275. The highest BCUT2D eigenvalue weighted by molar-refractivity contribution is 5.93. The molecule has 4 nitrogen and oxygen atoms in total. The van der Waals surface area contributed by atoms with E-state index in [-0.39, 0.29) is 17.9 Å². The van der Waals surface area contributed by atoms with Gasteiger partial charge in [-0.05, 0) is 49.6 Å². The van der Waals surface area contributed by atoms with Crippen molar-refractivity contribution >= 4 is 17.4 Å². The van der Waals surface area contributed by atoms with Gasteiger partial charge in [0.25, 0.3) is 0 Å². The van der Waals surface area contributed by atoms with Gasteiger partial charge in [0.2, 0.25) is 0 Å². The maximum atomic E-state index is 13.1. The van der Waals surface area contributed by atoms with Gasteiger partial charge < -0.3 is 15.1 Å². The number of amides is 2. The van der Waals surface area contributed by atoms with Crippen LogP contribution in [-0.2, 0) is 0 Å². The van der Waals surface area contributed by atoms with E-state index in [0.717, 1.165) is 30.0 Å². The fraction of sp³-hybridized carbons (Fsp3) is 0.350. The number of nitrogens with one attached hydrogen (secondary N) is 1. The molecule has 1 saturated heterocycles. The summed E-state index contributed by atoms with van der Waals surface area (Å²) in [4.78, 5) is 16.6. The molecule has 1 unspecified atom stereocenters. The molecule has 0 aliphatic carbocycles. The van der Waals surface area contributed by atoms with Crippen LogP contribution in [0.4, 0.5) is 20.6 Å². The zero-order chi connectivity index (χ0) is 17.8. The van der Waals surface area contributed by atoms with Crippen molar-refractivity contribution in [1.29, 1.82) is 0 Å². The summed E-state index contributed by atoms with van der Waals surface area (Å²) < 4.78 is 13.1. The minimum Gasteiger partial charge on any atom is -0.370 e. The molecule has 2 amide bonds. The van der Waals surface area contributed by atoms with E-state index in [9.17, 15) is 9.18 Å². The molecular weight excluding hydrogens is 317 g/mol. The number of hydrogen-bond acceptors (Lipinski definition) is 2. The first-order valence-corrected chi connectivity index (χ1v) is 8.69. The third-order valence-electron chi connectivity index (χ3n) is 4.85. The molecule has 0 saturated carbocycles. The van der Waals surface area contributed by atoms with Crippen LogP contribution < -0.4 is 10.2 Å². The fourth-order valence-corrected chi connectivity index (χ4v) is 3.16. The monoisotopic (exact) mass is 341 g/mol. The van der Waals surface area contributed by atoms with E-state index in [1.54, 1.807) is 24.1 Å². The Labute approximate surface area is 148 Å². The molecule has 25 heavy (non-hydrogen) atoms. The zero-order valence-electron chi connectivity index (χ0n) is 14.7. The quantitative estimate of drug-likeness (QED) is 0.878. The Morgan fingerprint density at radius 1 is 1.12 bits per heavy atom. The van der Waals surface area contributed by atoms with E-state index in [1.807, 2.05) is 31.2 Å². The predicted octanol–water partition coefficient (Wildman–Crippen LogP) is 4.65. The summed E-state index contributed by atoms with van der Waals surface area (Å²) in [7, 11) is 1.75. The molecule has 1 aliphatic heterocycles. The van der Waals surface area contributed by atoms with Crippen molar-refractivity contribution < 1.29 is 9.18 Å². The molecule has 1 N–H and O–H groups in total. The van der Waals surface area contributed by atoms with Gasteiger partial charge in [0.05, 0.1) is 17.4 Å². The first-order chi connectivity index (χ1) is 12.1. The van der Waals surface area contributed by atoms with E-state index < -0.39 is 0 Å². The number of carbonyl (C=O) groups is 1. The Balaban J connectivity index is 1.72. The fourth-order valence-electron chi connectivity index (χ4n) is 3.16. The Morgan fingerprint density at radius 3 is 2.44 bits per heavy atom. The van der Waals surface area contributed by atoms with Crippen molar-refractivity contribution in [3.05, 3.63) is 59.9 Å². The molecule has 132 valence electrons. The van der Waals surface area contributed by atoms with E-state index in [1.165, 1.54) is 25.0 Å². The lowest BCUT2D eigenvalue weighted by Gasteiger charge is -2.27. The number of benzene rings is 2. The van der Waals surface area contributed by atoms with E-state index in [2.05, 4.69) is 10.2 Å². The lowest BCUT2D eigenvalue weighted by atomic mass is 10.1. The summed E-state index contributed by atoms with van der Waals surface area (Å²) >= 11 is 0. The van der Waals surface area contributed by atoms with Crippen LogP contribution in [0.3, 0.4) is 0 Å². The van der Waals surface area contributed by atoms with Gasteiger partial charge in [0.15, 0.2) is 0 Å². The lowest BCUT2D eigenvalue weighted by molar-refractivity contribution is 0.208. The average Bonchev–Trinajstić information content (AvgIpc) is 3.16. The van der Waals surface area contributed by atoms with Gasteiger partial charge in [-0.25, -0.2) is 9.18 Å². The van der Waals surface area contributed by atoms with Crippen LogP contribution >= 0.6 is 0 Å². The van der Waals surface area contributed by atoms with Crippen LogP contribution in [0.15, 0.2) is 48.5 Å². The number of hydrogen-bond donors (Lipinski definition) is 1. The van der Waals surface area contributed by atoms with Gasteiger partial charge >= 0.3 is 6.03 Å². The summed E-state index contributed by atoms with van der Waals surface area (Å²) in [5.41, 5.74) is 2.79. The van der Waals surface area contributed by atoms with Gasteiger partial charge in [-0.15, -0.1) is 0 Å². The number of para-hydroxylation sites is 2. The van der Waals surface area contributed by atoms with Crippen LogP contribution in [0, 0.1) is 5.82 Å². The van der Waals surface area contributed by atoms with E-state index >= 15 is 0 Å². The van der Waals surface area contributed by atoms with Gasteiger partial charge in [-0.1, -0.05) is 24.3 Å². The third-order valence-corrected chi connectivity index (χ3v) is 4.85. The molecule has 2 aromatic rings. The number of anilines is 2. The highest BCUT2D eigenvalue weighted by atomic mass is 19.1. The van der Waals surface area contributed by atoms with Crippen molar-refractivity contribution in [1.82, 2.24) is 4.90 Å². The van der Waals surface area contributed by atoms with Gasteiger partial charge in [-0.3, -0.25) is 0 Å². The Bertz CT molecular complexity index is 726. The number of halogens is 1. The van der Waals surface area contributed by atoms with E-state index in [4.69, 9.17) is 0 Å². The second-order valence-corrected chi connectivity index (χ2v) is 6.48. The molecular formula is C20H24FN3O.